The van der Waals surface area contributed by atoms with Crippen molar-refractivity contribution in [3.8, 4) is 0 Å². The van der Waals surface area contributed by atoms with Crippen molar-refractivity contribution in [2.24, 2.45) is 0 Å². The van der Waals surface area contributed by atoms with E-state index in [4.69, 9.17) is 0 Å². The topological polar surface area (TPSA) is 78.8 Å². The minimum absolute atomic E-state index is 0.209. The van der Waals surface area contributed by atoms with Crippen molar-refractivity contribution in [2.75, 3.05) is 13.7 Å². The van der Waals surface area contributed by atoms with Crippen molar-refractivity contribution >= 4 is 5.97 Å². The molecule has 5 heteroatoms. The van der Waals surface area contributed by atoms with Crippen LogP contribution in [0.4, 0.5) is 0 Å². The van der Waals surface area contributed by atoms with Gasteiger partial charge in [0, 0.05) is 6.54 Å². The van der Waals surface area contributed by atoms with Gasteiger partial charge in [-0.05, 0) is 17.5 Å². The average Bonchev–Trinajstić information content (AvgIpc) is 2.47. The normalized spacial score (nSPS) is 13.8. The molecule has 0 spiro atoms. The lowest BCUT2D eigenvalue weighted by Gasteiger charge is -2.15. The van der Waals surface area contributed by atoms with Crippen LogP contribution in [0.2, 0.25) is 0 Å². The molecule has 0 amide bonds. The second kappa shape index (κ2) is 8.68. The van der Waals surface area contributed by atoms with Crippen LogP contribution in [0.25, 0.3) is 0 Å². The molecule has 0 heterocycles. The van der Waals surface area contributed by atoms with Crippen LogP contribution in [0.1, 0.15) is 49.6 Å². The van der Waals surface area contributed by atoms with E-state index in [1.54, 1.807) is 24.3 Å². The number of hydrogen-bond donors (Lipinski definition) is 3. The lowest BCUT2D eigenvalue weighted by Crippen LogP contribution is -2.24. The Bertz CT molecular complexity index is 405. The van der Waals surface area contributed by atoms with Gasteiger partial charge in [-0.3, -0.25) is 10.1 Å². The number of nitrogens with one attached hydrogen (secondary N) is 1. The number of aliphatic hydroxyl groups is 2. The molecule has 112 valence electrons. The molecule has 1 aromatic rings. The molecule has 2 unspecified atom stereocenters. The monoisotopic (exact) mass is 281 g/mol. The van der Waals surface area contributed by atoms with E-state index in [2.05, 4.69) is 10.1 Å². The molecule has 0 fully saturated rings. The zero-order valence-electron chi connectivity index (χ0n) is 12.0. The maximum Gasteiger partial charge on any atom is 0.306 e. The Labute approximate surface area is 119 Å². The van der Waals surface area contributed by atoms with Gasteiger partial charge >= 0.3 is 5.97 Å². The Hall–Kier alpha value is -1.43. The van der Waals surface area contributed by atoms with Crippen LogP contribution in [0.3, 0.4) is 0 Å². The highest BCUT2D eigenvalue weighted by Crippen LogP contribution is 2.20. The lowest BCUT2D eigenvalue weighted by atomic mass is 10.0. The molecule has 1 rings (SSSR count). The SMILES string of the molecule is CCCC(O)c1ccc(C(O)NCCC(=O)OC)cc1. The highest BCUT2D eigenvalue weighted by atomic mass is 16.5. The number of rotatable bonds is 8. The molecular weight excluding hydrogens is 258 g/mol. The van der Waals surface area contributed by atoms with E-state index in [9.17, 15) is 15.0 Å². The Morgan fingerprint density at radius 1 is 1.25 bits per heavy atom. The molecule has 1 aromatic carbocycles. The molecule has 3 N–H and O–H groups in total. The number of carbonyl (C=O) groups excluding carboxylic acids is 1. The summed E-state index contributed by atoms with van der Waals surface area (Å²) in [6.07, 6.45) is 0.552. The number of hydrogen-bond acceptors (Lipinski definition) is 5. The first kappa shape index (κ1) is 16.6. The maximum absolute atomic E-state index is 10.9. The van der Waals surface area contributed by atoms with Crippen molar-refractivity contribution in [1.82, 2.24) is 5.32 Å². The second-order valence-corrected chi connectivity index (χ2v) is 4.65. The molecule has 20 heavy (non-hydrogen) atoms. The van der Waals surface area contributed by atoms with Crippen LogP contribution >= 0.6 is 0 Å². The first-order chi connectivity index (χ1) is 9.58. The Morgan fingerprint density at radius 3 is 2.40 bits per heavy atom. The van der Waals surface area contributed by atoms with Gasteiger partial charge in [0.1, 0.15) is 6.23 Å². The summed E-state index contributed by atoms with van der Waals surface area (Å²) in [5, 5.41) is 22.6. The summed E-state index contributed by atoms with van der Waals surface area (Å²) in [5.41, 5.74) is 1.54. The molecule has 0 bridgehead atoms. The van der Waals surface area contributed by atoms with E-state index >= 15 is 0 Å². The fourth-order valence-electron chi connectivity index (χ4n) is 1.87. The molecule has 0 aromatic heterocycles. The quantitative estimate of drug-likeness (QED) is 0.499. The van der Waals surface area contributed by atoms with E-state index in [1.165, 1.54) is 7.11 Å². The van der Waals surface area contributed by atoms with Gasteiger partial charge in [-0.15, -0.1) is 0 Å². The Kier molecular flexibility index (Phi) is 7.22. The first-order valence-corrected chi connectivity index (χ1v) is 6.84. The summed E-state index contributed by atoms with van der Waals surface area (Å²) in [7, 11) is 1.33. The van der Waals surface area contributed by atoms with Gasteiger partial charge in [0.15, 0.2) is 0 Å². The van der Waals surface area contributed by atoms with Crippen molar-refractivity contribution in [3.05, 3.63) is 35.4 Å². The summed E-state index contributed by atoms with van der Waals surface area (Å²) < 4.78 is 4.51. The van der Waals surface area contributed by atoms with Gasteiger partial charge < -0.3 is 14.9 Å². The smallest absolute Gasteiger partial charge is 0.306 e. The van der Waals surface area contributed by atoms with Crippen LogP contribution < -0.4 is 5.32 Å². The Balaban J connectivity index is 2.48. The molecule has 0 saturated heterocycles. The van der Waals surface area contributed by atoms with Gasteiger partial charge in [-0.1, -0.05) is 37.6 Å². The molecule has 0 aliphatic carbocycles. The summed E-state index contributed by atoms with van der Waals surface area (Å²) in [6, 6.07) is 7.15. The third-order valence-electron chi connectivity index (χ3n) is 3.09. The third kappa shape index (κ3) is 5.28. The second-order valence-electron chi connectivity index (χ2n) is 4.65. The minimum Gasteiger partial charge on any atom is -0.469 e. The number of aliphatic hydroxyl groups excluding tert-OH is 2. The largest absolute Gasteiger partial charge is 0.469 e. The average molecular weight is 281 g/mol. The molecule has 5 nitrogen and oxygen atoms in total. The first-order valence-electron chi connectivity index (χ1n) is 6.84. The van der Waals surface area contributed by atoms with Gasteiger partial charge in [-0.2, -0.15) is 0 Å². The van der Waals surface area contributed by atoms with E-state index in [-0.39, 0.29) is 12.4 Å². The maximum atomic E-state index is 10.9. The zero-order chi connectivity index (χ0) is 15.0. The molecule has 2 atom stereocenters. The van der Waals surface area contributed by atoms with Crippen LogP contribution in [0, 0.1) is 0 Å². The number of carbonyl (C=O) groups is 1. The zero-order valence-corrected chi connectivity index (χ0v) is 12.0. The van der Waals surface area contributed by atoms with Crippen LogP contribution in [0.5, 0.6) is 0 Å². The lowest BCUT2D eigenvalue weighted by molar-refractivity contribution is -0.140. The van der Waals surface area contributed by atoms with Crippen LogP contribution in [-0.4, -0.2) is 29.8 Å². The highest BCUT2D eigenvalue weighted by Gasteiger charge is 2.10. The fourth-order valence-corrected chi connectivity index (χ4v) is 1.87. The van der Waals surface area contributed by atoms with E-state index in [0.717, 1.165) is 18.4 Å². The number of methoxy groups -OCH3 is 1. The van der Waals surface area contributed by atoms with Crippen molar-refractivity contribution in [3.63, 3.8) is 0 Å². The molecule has 0 aliphatic heterocycles. The third-order valence-corrected chi connectivity index (χ3v) is 3.09. The number of ether oxygens (including phenoxy) is 1. The molecule has 0 radical (unpaired) electrons. The van der Waals surface area contributed by atoms with Crippen molar-refractivity contribution in [2.45, 2.75) is 38.5 Å². The summed E-state index contributed by atoms with van der Waals surface area (Å²) in [6.45, 7) is 2.36. The minimum atomic E-state index is -0.836. The molecule has 0 saturated carbocycles. The summed E-state index contributed by atoms with van der Waals surface area (Å²) >= 11 is 0. The van der Waals surface area contributed by atoms with Gasteiger partial charge in [0.05, 0.1) is 19.6 Å². The highest BCUT2D eigenvalue weighted by molar-refractivity contribution is 5.69. The van der Waals surface area contributed by atoms with Gasteiger partial charge in [0.25, 0.3) is 0 Å². The van der Waals surface area contributed by atoms with E-state index < -0.39 is 12.3 Å². The standard InChI is InChI=1S/C15H23NO4/c1-3-4-13(17)11-5-7-12(8-6-11)15(19)16-10-9-14(18)20-2/h5-8,13,15-17,19H,3-4,9-10H2,1-2H3. The van der Waals surface area contributed by atoms with Gasteiger partial charge in [-0.25, -0.2) is 0 Å². The molecule has 0 aliphatic rings. The van der Waals surface area contributed by atoms with Crippen molar-refractivity contribution in [1.29, 1.82) is 0 Å². The number of esters is 1. The predicted molar refractivity (Wildman–Crippen MR) is 75.9 cm³/mol. The van der Waals surface area contributed by atoms with Crippen LogP contribution in [0.15, 0.2) is 24.3 Å². The molecular formula is C15H23NO4. The van der Waals surface area contributed by atoms with Crippen molar-refractivity contribution < 1.29 is 19.7 Å². The number of benzene rings is 1. The summed E-state index contributed by atoms with van der Waals surface area (Å²) in [5.74, 6) is -0.317. The predicted octanol–water partition coefficient (Wildman–Crippen LogP) is 1.66. The fraction of sp³-hybridized carbons (Fsp3) is 0.533. The van der Waals surface area contributed by atoms with Crippen LogP contribution in [-0.2, 0) is 9.53 Å². The van der Waals surface area contributed by atoms with Gasteiger partial charge in [0.2, 0.25) is 0 Å². The summed E-state index contributed by atoms with van der Waals surface area (Å²) in [4.78, 5) is 10.9. The Morgan fingerprint density at radius 2 is 1.85 bits per heavy atom. The van der Waals surface area contributed by atoms with E-state index in [1.807, 2.05) is 6.92 Å². The van der Waals surface area contributed by atoms with E-state index in [0.29, 0.717) is 12.1 Å².